The molecule has 1 N–H and O–H groups in total. The summed E-state index contributed by atoms with van der Waals surface area (Å²) in [5.74, 6) is -0.366. The van der Waals surface area contributed by atoms with Crippen molar-refractivity contribution in [1.29, 1.82) is 0 Å². The third-order valence-corrected chi connectivity index (χ3v) is 0.878. The van der Waals surface area contributed by atoms with Crippen molar-refractivity contribution in [2.75, 3.05) is 0 Å². The summed E-state index contributed by atoms with van der Waals surface area (Å²) in [7, 11) is 0. The number of alkyl carbamates (subject to hydrolysis) is 1. The van der Waals surface area contributed by atoms with Gasteiger partial charge in [-0.05, 0) is 6.92 Å². The number of cyclic esters (lactones) is 1. The van der Waals surface area contributed by atoms with Gasteiger partial charge in [0.05, 0.1) is 0 Å². The van der Waals surface area contributed by atoms with Crippen molar-refractivity contribution in [3.8, 4) is 0 Å². The van der Waals surface area contributed by atoms with Crippen molar-refractivity contribution in [2.24, 2.45) is 0 Å². The van der Waals surface area contributed by atoms with E-state index in [1.807, 2.05) is 19.2 Å². The van der Waals surface area contributed by atoms with Gasteiger partial charge in [-0.3, -0.25) is 10.1 Å². The summed E-state index contributed by atoms with van der Waals surface area (Å²) in [5.41, 5.74) is 0. The van der Waals surface area contributed by atoms with Crippen molar-refractivity contribution < 1.29 is 15.8 Å². The van der Waals surface area contributed by atoms with Crippen molar-refractivity contribution >= 4 is 12.0 Å². The summed E-state index contributed by atoms with van der Waals surface area (Å²) >= 11 is 0. The molecule has 4 heteroatoms. The lowest BCUT2D eigenvalue weighted by Crippen LogP contribution is -2.22. The summed E-state index contributed by atoms with van der Waals surface area (Å²) < 4.78 is 4.37. The minimum absolute atomic E-state index is 0. The maximum atomic E-state index is 10.3. The minimum atomic E-state index is -0.650. The molecule has 0 spiro atoms. The Kier molecular flexibility index (Phi) is 3.46. The molecule has 0 aromatic heterocycles. The van der Waals surface area contributed by atoms with E-state index in [2.05, 4.69) is 4.74 Å². The SMILES string of the molecule is CC.CC1OC(=O)NC1=O.[HH]. The van der Waals surface area contributed by atoms with E-state index in [9.17, 15) is 9.59 Å². The first-order valence-electron chi connectivity index (χ1n) is 3.21. The van der Waals surface area contributed by atoms with E-state index in [1.54, 1.807) is 0 Å². The largest absolute Gasteiger partial charge is 0.436 e. The molecule has 1 rings (SSSR count). The van der Waals surface area contributed by atoms with Gasteiger partial charge in [-0.25, -0.2) is 4.79 Å². The summed E-state index contributed by atoms with van der Waals surface area (Å²) in [5, 5.41) is 1.97. The average Bonchev–Trinajstić information content (AvgIpc) is 2.16. The second-order valence-corrected chi connectivity index (χ2v) is 1.54. The van der Waals surface area contributed by atoms with Crippen molar-refractivity contribution in [2.45, 2.75) is 26.9 Å². The lowest BCUT2D eigenvalue weighted by Gasteiger charge is -1.91. The second kappa shape index (κ2) is 3.87. The standard InChI is InChI=1S/C4H5NO3.C2H6.H2/c1-2-3(6)5-4(7)8-2;1-2;/h2H,1H3,(H,5,6,7);1-2H3;1H. The Morgan fingerprint density at radius 1 is 1.50 bits per heavy atom. The van der Waals surface area contributed by atoms with E-state index in [-0.39, 0.29) is 7.33 Å². The van der Waals surface area contributed by atoms with Crippen LogP contribution in [0.15, 0.2) is 0 Å². The smallest absolute Gasteiger partial charge is 0.414 e. The lowest BCUT2D eigenvalue weighted by atomic mass is 10.4. The fourth-order valence-electron chi connectivity index (χ4n) is 0.446. The summed E-state index contributed by atoms with van der Waals surface area (Å²) in [6.07, 6.45) is -1.26. The van der Waals surface area contributed by atoms with Crippen LogP contribution < -0.4 is 5.32 Å². The normalized spacial score (nSPS) is 22.5. The van der Waals surface area contributed by atoms with Crippen LogP contribution in [-0.4, -0.2) is 18.1 Å². The van der Waals surface area contributed by atoms with E-state index in [4.69, 9.17) is 0 Å². The topological polar surface area (TPSA) is 55.4 Å². The van der Waals surface area contributed by atoms with Crippen LogP contribution in [0.2, 0.25) is 0 Å². The Bertz CT molecular complexity index is 149. The summed E-state index contributed by atoms with van der Waals surface area (Å²) in [6, 6.07) is 0. The highest BCUT2D eigenvalue weighted by Gasteiger charge is 2.27. The number of rotatable bonds is 0. The Labute approximate surface area is 61.0 Å². The van der Waals surface area contributed by atoms with Crippen LogP contribution in [-0.2, 0) is 9.53 Å². The molecular weight excluding hydrogens is 134 g/mol. The Morgan fingerprint density at radius 3 is 2.10 bits per heavy atom. The van der Waals surface area contributed by atoms with Crippen LogP contribution in [0.25, 0.3) is 0 Å². The summed E-state index contributed by atoms with van der Waals surface area (Å²) in [6.45, 7) is 5.51. The molecular formula is C6H13NO3. The molecule has 1 aliphatic rings. The molecule has 2 amide bonds. The fraction of sp³-hybridized carbons (Fsp3) is 0.667. The van der Waals surface area contributed by atoms with Gasteiger partial charge >= 0.3 is 6.09 Å². The number of ether oxygens (including phenoxy) is 1. The second-order valence-electron chi connectivity index (χ2n) is 1.54. The van der Waals surface area contributed by atoms with Crippen LogP contribution in [0.3, 0.4) is 0 Å². The molecule has 1 atom stereocenters. The maximum Gasteiger partial charge on any atom is 0.414 e. The first-order valence-corrected chi connectivity index (χ1v) is 3.21. The molecule has 0 radical (unpaired) electrons. The predicted molar refractivity (Wildman–Crippen MR) is 37.5 cm³/mol. The van der Waals surface area contributed by atoms with Gasteiger partial charge in [0.1, 0.15) is 0 Å². The average molecular weight is 147 g/mol. The third kappa shape index (κ3) is 2.05. The van der Waals surface area contributed by atoms with Gasteiger partial charge in [-0.15, -0.1) is 0 Å². The Balaban J connectivity index is 0. The minimum Gasteiger partial charge on any atom is -0.436 e. The molecule has 1 unspecified atom stereocenters. The van der Waals surface area contributed by atoms with Crippen LogP contribution in [0.1, 0.15) is 22.2 Å². The van der Waals surface area contributed by atoms with E-state index < -0.39 is 12.2 Å². The Hall–Kier alpha value is -1.06. The van der Waals surface area contributed by atoms with Gasteiger partial charge in [0, 0.05) is 1.43 Å². The number of imide groups is 1. The van der Waals surface area contributed by atoms with Crippen molar-refractivity contribution in [3.05, 3.63) is 0 Å². The number of carbonyl (C=O) groups excluding carboxylic acids is 2. The number of amides is 2. The molecule has 0 bridgehead atoms. The predicted octanol–water partition coefficient (Wildman–Crippen LogP) is 0.913. The van der Waals surface area contributed by atoms with Gasteiger partial charge in [0.2, 0.25) is 0 Å². The van der Waals surface area contributed by atoms with Crippen LogP contribution in [0, 0.1) is 0 Å². The molecule has 4 nitrogen and oxygen atoms in total. The van der Waals surface area contributed by atoms with Crippen molar-refractivity contribution in [3.63, 3.8) is 0 Å². The fourth-order valence-corrected chi connectivity index (χ4v) is 0.446. The zero-order valence-corrected chi connectivity index (χ0v) is 6.30. The number of hydrogen-bond donors (Lipinski definition) is 1. The first-order chi connectivity index (χ1) is 4.70. The van der Waals surface area contributed by atoms with E-state index in [0.717, 1.165) is 0 Å². The quantitative estimate of drug-likeness (QED) is 0.554. The zero-order valence-electron chi connectivity index (χ0n) is 6.30. The molecule has 0 saturated carbocycles. The lowest BCUT2D eigenvalue weighted by molar-refractivity contribution is -0.122. The van der Waals surface area contributed by atoms with E-state index in [0.29, 0.717) is 0 Å². The molecule has 0 aromatic carbocycles. The Morgan fingerprint density at radius 2 is 2.00 bits per heavy atom. The van der Waals surface area contributed by atoms with Gasteiger partial charge < -0.3 is 4.74 Å². The highest BCUT2D eigenvalue weighted by Crippen LogP contribution is 1.98. The number of nitrogens with one attached hydrogen (secondary N) is 1. The highest BCUT2D eigenvalue weighted by atomic mass is 16.6. The number of carbonyl (C=O) groups is 2. The van der Waals surface area contributed by atoms with Crippen LogP contribution in [0.4, 0.5) is 4.79 Å². The molecule has 1 saturated heterocycles. The van der Waals surface area contributed by atoms with Crippen LogP contribution >= 0.6 is 0 Å². The highest BCUT2D eigenvalue weighted by molar-refractivity contribution is 5.99. The molecule has 1 fully saturated rings. The van der Waals surface area contributed by atoms with E-state index >= 15 is 0 Å². The first kappa shape index (κ1) is 8.94. The van der Waals surface area contributed by atoms with Crippen LogP contribution in [0.5, 0.6) is 0 Å². The molecule has 0 aromatic rings. The van der Waals surface area contributed by atoms with Gasteiger partial charge in [0.15, 0.2) is 6.10 Å². The molecule has 0 aliphatic carbocycles. The summed E-state index contributed by atoms with van der Waals surface area (Å²) in [4.78, 5) is 20.4. The molecule has 1 heterocycles. The van der Waals surface area contributed by atoms with Gasteiger partial charge in [-0.1, -0.05) is 13.8 Å². The number of hydrogen-bond acceptors (Lipinski definition) is 3. The molecule has 1 aliphatic heterocycles. The van der Waals surface area contributed by atoms with Gasteiger partial charge in [-0.2, -0.15) is 0 Å². The molecule has 60 valence electrons. The zero-order chi connectivity index (χ0) is 8.15. The monoisotopic (exact) mass is 147 g/mol. The third-order valence-electron chi connectivity index (χ3n) is 0.878. The van der Waals surface area contributed by atoms with E-state index in [1.165, 1.54) is 6.92 Å². The van der Waals surface area contributed by atoms with Crippen molar-refractivity contribution in [1.82, 2.24) is 5.32 Å². The molecule has 10 heavy (non-hydrogen) atoms. The van der Waals surface area contributed by atoms with Gasteiger partial charge in [0.25, 0.3) is 5.91 Å². The maximum absolute atomic E-state index is 10.3.